The molecule has 0 fully saturated rings. The van der Waals surface area contributed by atoms with Crippen molar-refractivity contribution in [3.63, 3.8) is 0 Å². The smallest absolute Gasteiger partial charge is 0.124 e. The first kappa shape index (κ1) is 13.4. The van der Waals surface area contributed by atoms with Gasteiger partial charge in [0, 0.05) is 11.1 Å². The van der Waals surface area contributed by atoms with Crippen LogP contribution in [-0.4, -0.2) is 6.04 Å². The number of hydrazine groups is 1. The van der Waals surface area contributed by atoms with E-state index in [1.807, 2.05) is 0 Å². The molecule has 0 aliphatic rings. The van der Waals surface area contributed by atoms with Crippen LogP contribution in [0.25, 0.3) is 0 Å². The van der Waals surface area contributed by atoms with Crippen LogP contribution < -0.4 is 11.3 Å². The van der Waals surface area contributed by atoms with Gasteiger partial charge < -0.3 is 0 Å². The summed E-state index contributed by atoms with van der Waals surface area (Å²) in [5, 5.41) is 0.462. The maximum Gasteiger partial charge on any atom is 0.124 e. The molecule has 4 heteroatoms. The van der Waals surface area contributed by atoms with Crippen molar-refractivity contribution in [2.24, 2.45) is 11.8 Å². The Bertz CT molecular complexity index is 344. The van der Waals surface area contributed by atoms with Gasteiger partial charge in [0.05, 0.1) is 0 Å². The van der Waals surface area contributed by atoms with E-state index in [1.54, 1.807) is 6.07 Å². The molecule has 0 radical (unpaired) electrons. The number of hydrogen-bond donors (Lipinski definition) is 2. The molecule has 1 rings (SSSR count). The summed E-state index contributed by atoms with van der Waals surface area (Å²) >= 11 is 5.97. The molecule has 16 heavy (non-hydrogen) atoms. The lowest BCUT2D eigenvalue weighted by molar-refractivity contribution is 0.370. The topological polar surface area (TPSA) is 38.0 Å². The average Bonchev–Trinajstić information content (AvgIpc) is 2.27. The van der Waals surface area contributed by atoms with Crippen LogP contribution >= 0.6 is 11.6 Å². The fourth-order valence-corrected chi connectivity index (χ4v) is 1.88. The molecule has 0 heterocycles. The molecule has 1 aromatic carbocycles. The van der Waals surface area contributed by atoms with E-state index in [4.69, 9.17) is 17.4 Å². The van der Waals surface area contributed by atoms with Crippen molar-refractivity contribution < 1.29 is 4.39 Å². The van der Waals surface area contributed by atoms with Gasteiger partial charge in [0.25, 0.3) is 0 Å². The number of nitrogens with two attached hydrogens (primary N) is 1. The van der Waals surface area contributed by atoms with Crippen molar-refractivity contribution in [3.05, 3.63) is 34.6 Å². The highest BCUT2D eigenvalue weighted by atomic mass is 35.5. The molecule has 90 valence electrons. The highest BCUT2D eigenvalue weighted by molar-refractivity contribution is 6.31. The Morgan fingerprint density at radius 2 is 2.19 bits per heavy atom. The van der Waals surface area contributed by atoms with Crippen LogP contribution in [0, 0.1) is 11.7 Å². The molecule has 3 N–H and O–H groups in total. The van der Waals surface area contributed by atoms with Gasteiger partial charge in [0.2, 0.25) is 0 Å². The van der Waals surface area contributed by atoms with Gasteiger partial charge in [0.1, 0.15) is 5.82 Å². The summed E-state index contributed by atoms with van der Waals surface area (Å²) in [6, 6.07) is 4.63. The molecule has 0 amide bonds. The zero-order chi connectivity index (χ0) is 12.1. The predicted octanol–water partition coefficient (Wildman–Crippen LogP) is 2.90. The van der Waals surface area contributed by atoms with Gasteiger partial charge in [-0.15, -0.1) is 0 Å². The second-order valence-electron chi connectivity index (χ2n) is 4.10. The molecule has 2 atom stereocenters. The molecule has 0 bridgehead atoms. The molecule has 2 unspecified atom stereocenters. The Morgan fingerprint density at radius 3 is 2.69 bits per heavy atom. The minimum Gasteiger partial charge on any atom is -0.271 e. The van der Waals surface area contributed by atoms with Crippen LogP contribution in [0.5, 0.6) is 0 Å². The lowest BCUT2D eigenvalue weighted by Gasteiger charge is -2.22. The van der Waals surface area contributed by atoms with E-state index in [9.17, 15) is 4.39 Å². The molecule has 0 saturated carbocycles. The molecule has 0 aromatic heterocycles. The maximum absolute atomic E-state index is 12.9. The quantitative estimate of drug-likeness (QED) is 0.618. The molecule has 1 aromatic rings. The Hall–Kier alpha value is -0.640. The van der Waals surface area contributed by atoms with E-state index in [0.717, 1.165) is 12.0 Å². The molecule has 0 spiro atoms. The Morgan fingerprint density at radius 1 is 1.50 bits per heavy atom. The van der Waals surface area contributed by atoms with E-state index >= 15 is 0 Å². The Kier molecular flexibility index (Phi) is 5.19. The van der Waals surface area contributed by atoms with Crippen molar-refractivity contribution in [1.82, 2.24) is 5.43 Å². The van der Waals surface area contributed by atoms with E-state index in [1.165, 1.54) is 12.1 Å². The van der Waals surface area contributed by atoms with Crippen LogP contribution in [0.15, 0.2) is 18.2 Å². The number of hydrogen-bond acceptors (Lipinski definition) is 2. The summed E-state index contributed by atoms with van der Waals surface area (Å²) in [6.07, 6.45) is 1.75. The highest BCUT2D eigenvalue weighted by Crippen LogP contribution is 2.21. The fraction of sp³-hybridized carbons (Fsp3) is 0.500. The summed E-state index contributed by atoms with van der Waals surface area (Å²) < 4.78 is 12.9. The van der Waals surface area contributed by atoms with Crippen LogP contribution in [0.2, 0.25) is 5.02 Å². The van der Waals surface area contributed by atoms with Crippen LogP contribution in [0.3, 0.4) is 0 Å². The maximum atomic E-state index is 12.9. The van der Waals surface area contributed by atoms with Gasteiger partial charge in [-0.3, -0.25) is 11.3 Å². The van der Waals surface area contributed by atoms with Gasteiger partial charge >= 0.3 is 0 Å². The minimum atomic E-state index is -0.311. The van der Waals surface area contributed by atoms with E-state index in [0.29, 0.717) is 17.4 Å². The van der Waals surface area contributed by atoms with Gasteiger partial charge in [-0.1, -0.05) is 37.9 Å². The largest absolute Gasteiger partial charge is 0.271 e. The summed E-state index contributed by atoms with van der Waals surface area (Å²) in [5.74, 6) is 5.65. The molecule has 0 saturated heterocycles. The predicted molar refractivity (Wildman–Crippen MR) is 65.7 cm³/mol. The molecular weight excluding hydrogens is 227 g/mol. The van der Waals surface area contributed by atoms with E-state index in [2.05, 4.69) is 19.3 Å². The third-order valence-electron chi connectivity index (χ3n) is 3.00. The van der Waals surface area contributed by atoms with Gasteiger partial charge in [-0.05, 0) is 30.0 Å². The Balaban J connectivity index is 2.78. The zero-order valence-electron chi connectivity index (χ0n) is 9.63. The summed E-state index contributed by atoms with van der Waals surface area (Å²) in [5.41, 5.74) is 3.71. The van der Waals surface area contributed by atoms with Crippen molar-refractivity contribution in [1.29, 1.82) is 0 Å². The van der Waals surface area contributed by atoms with Crippen molar-refractivity contribution in [2.45, 2.75) is 32.7 Å². The third-order valence-corrected chi connectivity index (χ3v) is 3.35. The first-order chi connectivity index (χ1) is 7.58. The number of benzene rings is 1. The summed E-state index contributed by atoms with van der Waals surface area (Å²) in [7, 11) is 0. The molecule has 0 aliphatic carbocycles. The van der Waals surface area contributed by atoms with Gasteiger partial charge in [-0.25, -0.2) is 4.39 Å². The standard InChI is InChI=1S/C12H18ClFN2/c1-3-8(2)12(16-15)6-9-4-5-10(14)7-11(9)13/h4-5,7-8,12,16H,3,6,15H2,1-2H3. The lowest BCUT2D eigenvalue weighted by atomic mass is 9.93. The monoisotopic (exact) mass is 244 g/mol. The van der Waals surface area contributed by atoms with Crippen LogP contribution in [0.1, 0.15) is 25.8 Å². The SMILES string of the molecule is CCC(C)C(Cc1ccc(F)cc1Cl)NN. The molecule has 0 aliphatic heterocycles. The lowest BCUT2D eigenvalue weighted by Crippen LogP contribution is -2.41. The first-order valence-corrected chi connectivity index (χ1v) is 5.86. The molecule has 2 nitrogen and oxygen atoms in total. The normalized spacial score (nSPS) is 14.8. The average molecular weight is 245 g/mol. The van der Waals surface area contributed by atoms with E-state index < -0.39 is 0 Å². The molecular formula is C12H18ClFN2. The summed E-state index contributed by atoms with van der Waals surface area (Å²) in [6.45, 7) is 4.24. The van der Waals surface area contributed by atoms with Gasteiger partial charge in [0.15, 0.2) is 0 Å². The highest BCUT2D eigenvalue weighted by Gasteiger charge is 2.16. The third kappa shape index (κ3) is 3.44. The Labute approximate surface area is 101 Å². The number of rotatable bonds is 5. The number of halogens is 2. The first-order valence-electron chi connectivity index (χ1n) is 5.48. The van der Waals surface area contributed by atoms with Crippen LogP contribution in [-0.2, 0) is 6.42 Å². The van der Waals surface area contributed by atoms with Crippen molar-refractivity contribution in [2.75, 3.05) is 0 Å². The summed E-state index contributed by atoms with van der Waals surface area (Å²) in [4.78, 5) is 0. The minimum absolute atomic E-state index is 0.160. The zero-order valence-corrected chi connectivity index (χ0v) is 10.4. The second-order valence-corrected chi connectivity index (χ2v) is 4.51. The fourth-order valence-electron chi connectivity index (χ4n) is 1.63. The van der Waals surface area contributed by atoms with E-state index in [-0.39, 0.29) is 11.9 Å². The van der Waals surface area contributed by atoms with Crippen molar-refractivity contribution >= 4 is 11.6 Å². The second kappa shape index (κ2) is 6.18. The van der Waals surface area contributed by atoms with Gasteiger partial charge in [-0.2, -0.15) is 0 Å². The van der Waals surface area contributed by atoms with Crippen LogP contribution in [0.4, 0.5) is 4.39 Å². The van der Waals surface area contributed by atoms with Crippen molar-refractivity contribution in [3.8, 4) is 0 Å². The number of nitrogens with one attached hydrogen (secondary N) is 1.